The molecule has 160 valence electrons. The van der Waals surface area contributed by atoms with Crippen LogP contribution in [0.5, 0.6) is 5.75 Å². The number of H-pyrrole nitrogens is 1. The molecule has 3 aromatic heterocycles. The van der Waals surface area contributed by atoms with E-state index in [2.05, 4.69) is 20.6 Å². The molecule has 0 bridgehead atoms. The molecule has 2 aromatic carbocycles. The van der Waals surface area contributed by atoms with Crippen LogP contribution in [0.3, 0.4) is 0 Å². The highest BCUT2D eigenvalue weighted by Gasteiger charge is 2.12. The van der Waals surface area contributed by atoms with Crippen molar-refractivity contribution in [1.29, 1.82) is 0 Å². The largest absolute Gasteiger partial charge is 0.495 e. The topological polar surface area (TPSA) is 84.0 Å². The molecule has 0 saturated carbocycles. The molecule has 0 aliphatic heterocycles. The first-order valence-electron chi connectivity index (χ1n) is 12.4. The van der Waals surface area contributed by atoms with Gasteiger partial charge in [-0.15, -0.1) is 0 Å². The third kappa shape index (κ3) is 3.65. The summed E-state index contributed by atoms with van der Waals surface area (Å²) in [5.41, 5.74) is 3.09. The summed E-state index contributed by atoms with van der Waals surface area (Å²) in [5.74, 6) is 0.0201. The Hall–Kier alpha value is -4.26. The van der Waals surface area contributed by atoms with E-state index < -0.39 is 19.6 Å². The number of carbonyl (C=O) groups is 1. The fourth-order valence-electron chi connectivity index (χ4n) is 3.67. The number of methoxy groups -OCH3 is 1. The predicted octanol–water partition coefficient (Wildman–Crippen LogP) is 5.53. The number of hydrogen-bond acceptors (Lipinski definition) is 3. The minimum atomic E-state index is -2.67. The number of nitrogens with one attached hydrogen (secondary N) is 3. The smallest absolute Gasteiger partial charge is 0.323 e. The molecule has 3 heterocycles. The normalized spacial score (nSPS) is 14.2. The molecule has 0 radical (unpaired) electrons. The van der Waals surface area contributed by atoms with E-state index >= 15 is 0 Å². The average molecular weight is 431 g/mol. The van der Waals surface area contributed by atoms with Gasteiger partial charge in [-0.1, -0.05) is 12.1 Å². The summed E-state index contributed by atoms with van der Waals surface area (Å²) in [5, 5.41) is 6.73. The zero-order chi connectivity index (χ0) is 26.4. The molecule has 0 unspecified atom stereocenters. The quantitative estimate of drug-likeness (QED) is 0.343. The molecule has 2 amide bonds. The number of amides is 2. The number of carbonyl (C=O) groups excluding carboxylic acids is 1. The van der Waals surface area contributed by atoms with Gasteiger partial charge in [0.2, 0.25) is 0 Å². The van der Waals surface area contributed by atoms with Crippen molar-refractivity contribution in [3.05, 3.63) is 84.3 Å². The van der Waals surface area contributed by atoms with Crippen LogP contribution in [0.4, 0.5) is 16.2 Å². The second-order valence-electron chi connectivity index (χ2n) is 7.32. The molecule has 5 rings (SSSR count). The van der Waals surface area contributed by atoms with Crippen molar-refractivity contribution in [2.24, 2.45) is 0 Å². The number of anilines is 2. The number of rotatable bonds is 5. The Morgan fingerprint density at radius 1 is 1.16 bits per heavy atom. The Kier molecular flexibility index (Phi) is 3.72. The van der Waals surface area contributed by atoms with Gasteiger partial charge in [0.15, 0.2) is 0 Å². The summed E-state index contributed by atoms with van der Waals surface area (Å²) in [6.45, 7) is -0.0985. The summed E-state index contributed by atoms with van der Waals surface area (Å²) in [6.07, 6.45) is 4.91. The Bertz CT molecular complexity index is 1620. The van der Waals surface area contributed by atoms with Crippen LogP contribution in [0.2, 0.25) is 0 Å². The number of pyridine rings is 1. The number of fused-ring (bicyclic) bond motifs is 2. The van der Waals surface area contributed by atoms with Crippen molar-refractivity contribution < 1.29 is 16.4 Å². The SMILES string of the molecule is [2H]C([2H])([2H])Oc1ccc(C)cc1NC(=O)Nc1cccc2c1ccn2C([2H])([2H])c1ccnc2[nH]ccc12. The van der Waals surface area contributed by atoms with Gasteiger partial charge in [0.1, 0.15) is 11.4 Å². The molecule has 0 aliphatic carbocycles. The van der Waals surface area contributed by atoms with Crippen molar-refractivity contribution >= 4 is 39.3 Å². The molecule has 5 aromatic rings. The number of aromatic amines is 1. The van der Waals surface area contributed by atoms with E-state index in [4.69, 9.17) is 11.6 Å². The average Bonchev–Trinajstić information content (AvgIpc) is 3.48. The highest BCUT2D eigenvalue weighted by molar-refractivity contribution is 6.06. The molecule has 7 nitrogen and oxygen atoms in total. The van der Waals surface area contributed by atoms with E-state index in [1.165, 1.54) is 10.6 Å². The van der Waals surface area contributed by atoms with Gasteiger partial charge in [-0.3, -0.25) is 0 Å². The van der Waals surface area contributed by atoms with Crippen molar-refractivity contribution in [1.82, 2.24) is 14.5 Å². The van der Waals surface area contributed by atoms with Crippen molar-refractivity contribution in [2.45, 2.75) is 13.4 Å². The Morgan fingerprint density at radius 3 is 2.97 bits per heavy atom. The highest BCUT2D eigenvalue weighted by atomic mass is 16.5. The molecular formula is C25H23N5O2. The summed E-state index contributed by atoms with van der Waals surface area (Å²) in [6, 6.07) is 14.5. The van der Waals surface area contributed by atoms with Gasteiger partial charge in [0.25, 0.3) is 0 Å². The van der Waals surface area contributed by atoms with Crippen LogP contribution in [0.25, 0.3) is 21.9 Å². The molecule has 0 fully saturated rings. The molecule has 0 atom stereocenters. The van der Waals surface area contributed by atoms with Crippen LogP contribution in [0.1, 0.15) is 18.0 Å². The van der Waals surface area contributed by atoms with Crippen LogP contribution >= 0.6 is 0 Å². The number of hydrogen-bond donors (Lipinski definition) is 3. The lowest BCUT2D eigenvalue weighted by atomic mass is 10.2. The van der Waals surface area contributed by atoms with Gasteiger partial charge in [0, 0.05) is 35.9 Å². The van der Waals surface area contributed by atoms with E-state index in [1.54, 1.807) is 67.1 Å². The van der Waals surface area contributed by atoms with Crippen LogP contribution < -0.4 is 15.4 Å². The van der Waals surface area contributed by atoms with Crippen molar-refractivity contribution in [3.63, 3.8) is 0 Å². The fourth-order valence-corrected chi connectivity index (χ4v) is 3.67. The van der Waals surface area contributed by atoms with E-state index in [0.29, 0.717) is 33.2 Å². The predicted molar refractivity (Wildman–Crippen MR) is 128 cm³/mol. The summed E-state index contributed by atoms with van der Waals surface area (Å²) in [7, 11) is -2.67. The zero-order valence-electron chi connectivity index (χ0n) is 22.1. The lowest BCUT2D eigenvalue weighted by Crippen LogP contribution is -2.20. The van der Waals surface area contributed by atoms with E-state index in [0.717, 1.165) is 5.56 Å². The van der Waals surface area contributed by atoms with Crippen molar-refractivity contribution in [3.8, 4) is 5.75 Å². The maximum atomic E-state index is 12.9. The Labute approximate surface area is 192 Å². The third-order valence-electron chi connectivity index (χ3n) is 5.18. The molecule has 0 saturated heterocycles. The van der Waals surface area contributed by atoms with Gasteiger partial charge in [-0.2, -0.15) is 0 Å². The second kappa shape index (κ2) is 8.11. The standard InChI is InChI=1S/C25H23N5O2/c1-16-6-7-23(32-2)21(14-16)29-25(31)28-20-4-3-5-22-19(20)10-13-30(22)15-17-8-11-26-24-18(17)9-12-27-24/h3-14H,15H2,1-2H3,(H,26,27)(H2,28,29,31)/i2D3,15D2. The maximum Gasteiger partial charge on any atom is 0.323 e. The van der Waals surface area contributed by atoms with Crippen LogP contribution in [-0.4, -0.2) is 27.6 Å². The van der Waals surface area contributed by atoms with Crippen molar-refractivity contribution in [2.75, 3.05) is 17.7 Å². The first-order chi connectivity index (χ1) is 17.5. The number of nitrogens with zero attached hydrogens (tertiary/aromatic N) is 2. The summed E-state index contributed by atoms with van der Waals surface area (Å²) < 4.78 is 46.5. The number of urea groups is 1. The Morgan fingerprint density at radius 2 is 2.06 bits per heavy atom. The first-order valence-corrected chi connectivity index (χ1v) is 9.94. The number of aromatic nitrogens is 3. The number of benzene rings is 2. The van der Waals surface area contributed by atoms with Crippen LogP contribution in [0, 0.1) is 6.92 Å². The molecular weight excluding hydrogens is 402 g/mol. The minimum absolute atomic E-state index is 0.0201. The molecule has 3 N–H and O–H groups in total. The number of aryl methyl sites for hydroxylation is 1. The third-order valence-corrected chi connectivity index (χ3v) is 5.18. The Balaban J connectivity index is 1.45. The highest BCUT2D eigenvalue weighted by Crippen LogP contribution is 2.28. The molecule has 0 spiro atoms. The summed E-state index contributed by atoms with van der Waals surface area (Å²) in [4.78, 5) is 20.1. The van der Waals surface area contributed by atoms with E-state index in [-0.39, 0.29) is 11.4 Å². The van der Waals surface area contributed by atoms with E-state index in [9.17, 15) is 4.79 Å². The van der Waals surface area contributed by atoms with Gasteiger partial charge >= 0.3 is 6.03 Å². The van der Waals surface area contributed by atoms with Crippen LogP contribution in [-0.2, 0) is 6.50 Å². The maximum absolute atomic E-state index is 12.9. The van der Waals surface area contributed by atoms with E-state index in [1.807, 2.05) is 6.92 Å². The van der Waals surface area contributed by atoms with Gasteiger partial charge < -0.3 is 24.9 Å². The van der Waals surface area contributed by atoms with Crippen LogP contribution in [0.15, 0.2) is 73.2 Å². The lowest BCUT2D eigenvalue weighted by molar-refractivity contribution is 0.262. The summed E-state index contributed by atoms with van der Waals surface area (Å²) >= 11 is 0. The van der Waals surface area contributed by atoms with Gasteiger partial charge in [-0.25, -0.2) is 9.78 Å². The lowest BCUT2D eigenvalue weighted by Gasteiger charge is -2.13. The fraction of sp³-hybridized carbons (Fsp3) is 0.120. The second-order valence-corrected chi connectivity index (χ2v) is 7.32. The number of ether oxygens (including phenoxy) is 1. The molecule has 32 heavy (non-hydrogen) atoms. The van der Waals surface area contributed by atoms with Gasteiger partial charge in [0.05, 0.1) is 30.8 Å². The molecule has 7 heteroatoms. The first kappa shape index (κ1) is 14.7. The monoisotopic (exact) mass is 430 g/mol. The molecule has 0 aliphatic rings. The minimum Gasteiger partial charge on any atom is -0.495 e. The van der Waals surface area contributed by atoms with Gasteiger partial charge in [-0.05, 0) is 60.5 Å². The zero-order valence-corrected chi connectivity index (χ0v) is 17.1.